The third kappa shape index (κ3) is 3.15. The third-order valence-corrected chi connectivity index (χ3v) is 5.71. The van der Waals surface area contributed by atoms with Crippen molar-refractivity contribution in [2.45, 2.75) is 76.7 Å². The molecule has 2 heteroatoms. The highest BCUT2D eigenvalue weighted by molar-refractivity contribution is 5.29. The van der Waals surface area contributed by atoms with Crippen LogP contribution < -0.4 is 5.32 Å². The lowest BCUT2D eigenvalue weighted by atomic mass is 9.48. The van der Waals surface area contributed by atoms with Gasteiger partial charge in [0.15, 0.2) is 0 Å². The maximum absolute atomic E-state index is 4.38. The van der Waals surface area contributed by atoms with Crippen LogP contribution in [0.25, 0.3) is 0 Å². The Balaban J connectivity index is 1.76. The highest BCUT2D eigenvalue weighted by atomic mass is 14.9. The molecule has 2 saturated carbocycles. The summed E-state index contributed by atoms with van der Waals surface area (Å²) in [6, 6.07) is 4.95. The second-order valence-corrected chi connectivity index (χ2v) is 7.83. The van der Waals surface area contributed by atoms with E-state index in [0.29, 0.717) is 16.9 Å². The van der Waals surface area contributed by atoms with E-state index < -0.39 is 0 Å². The molecule has 0 atom stereocenters. The molecule has 1 aromatic rings. The number of nitrogens with zero attached hydrogens (tertiary/aromatic N) is 1. The van der Waals surface area contributed by atoms with Gasteiger partial charge in [-0.2, -0.15) is 0 Å². The Morgan fingerprint density at radius 1 is 1.14 bits per heavy atom. The summed E-state index contributed by atoms with van der Waals surface area (Å²) >= 11 is 0. The molecular formula is C19H30N2. The minimum absolute atomic E-state index is 0.336. The number of hydrogen-bond acceptors (Lipinski definition) is 2. The van der Waals surface area contributed by atoms with E-state index in [-0.39, 0.29) is 0 Å². The van der Waals surface area contributed by atoms with Crippen LogP contribution in [0.3, 0.4) is 0 Å². The van der Waals surface area contributed by atoms with Gasteiger partial charge in [0, 0.05) is 30.4 Å². The van der Waals surface area contributed by atoms with Crippen LogP contribution in [0.2, 0.25) is 0 Å². The Morgan fingerprint density at radius 2 is 1.86 bits per heavy atom. The Labute approximate surface area is 129 Å². The van der Waals surface area contributed by atoms with Gasteiger partial charge in [0.05, 0.1) is 0 Å². The molecule has 2 aliphatic rings. The lowest BCUT2D eigenvalue weighted by Crippen LogP contribution is -2.55. The molecule has 2 aliphatic carbocycles. The molecule has 0 radical (unpaired) electrons. The highest BCUT2D eigenvalue weighted by Crippen LogP contribution is 2.61. The molecule has 3 rings (SSSR count). The molecule has 1 heterocycles. The first kappa shape index (κ1) is 15.0. The SMILES string of the molecule is CC(C)NCC1(c2cccnc2)CC2(CCCCCC2)C1. The van der Waals surface area contributed by atoms with E-state index in [9.17, 15) is 0 Å². The van der Waals surface area contributed by atoms with Crippen molar-refractivity contribution in [2.75, 3.05) is 6.54 Å². The van der Waals surface area contributed by atoms with Gasteiger partial charge in [-0.3, -0.25) is 4.98 Å². The standard InChI is InChI=1S/C19H30N2/c1-16(2)21-15-19(17-8-7-11-20-12-17)13-18(14-19)9-5-3-4-6-10-18/h7-8,11-12,16,21H,3-6,9-10,13-15H2,1-2H3. The number of pyridine rings is 1. The molecule has 2 nitrogen and oxygen atoms in total. The van der Waals surface area contributed by atoms with Crippen molar-refractivity contribution in [3.63, 3.8) is 0 Å². The van der Waals surface area contributed by atoms with Crippen molar-refractivity contribution < 1.29 is 0 Å². The lowest BCUT2D eigenvalue weighted by molar-refractivity contribution is 0.00495. The van der Waals surface area contributed by atoms with Gasteiger partial charge >= 0.3 is 0 Å². The van der Waals surface area contributed by atoms with Gasteiger partial charge in [-0.15, -0.1) is 0 Å². The van der Waals surface area contributed by atoms with Gasteiger partial charge in [0.25, 0.3) is 0 Å². The molecule has 0 amide bonds. The molecule has 2 fully saturated rings. The molecule has 1 aromatic heterocycles. The molecule has 0 unspecified atom stereocenters. The van der Waals surface area contributed by atoms with Gasteiger partial charge in [-0.1, -0.05) is 45.6 Å². The Hall–Kier alpha value is -0.890. The molecule has 1 N–H and O–H groups in total. The van der Waals surface area contributed by atoms with Crippen molar-refractivity contribution >= 4 is 0 Å². The van der Waals surface area contributed by atoms with Crippen molar-refractivity contribution in [3.05, 3.63) is 30.1 Å². The second kappa shape index (κ2) is 6.08. The summed E-state index contributed by atoms with van der Waals surface area (Å²) in [6.07, 6.45) is 15.4. The van der Waals surface area contributed by atoms with E-state index in [1.807, 2.05) is 6.20 Å². The fourth-order valence-corrected chi connectivity index (χ4v) is 4.72. The number of rotatable bonds is 4. The quantitative estimate of drug-likeness (QED) is 0.884. The molecular weight excluding hydrogens is 256 g/mol. The molecule has 0 aliphatic heterocycles. The van der Waals surface area contributed by atoms with Gasteiger partial charge in [-0.25, -0.2) is 0 Å². The van der Waals surface area contributed by atoms with E-state index in [1.165, 1.54) is 56.9 Å². The summed E-state index contributed by atoms with van der Waals surface area (Å²) in [5, 5.41) is 3.70. The van der Waals surface area contributed by atoms with Crippen LogP contribution in [0.5, 0.6) is 0 Å². The monoisotopic (exact) mass is 286 g/mol. The lowest BCUT2D eigenvalue weighted by Gasteiger charge is -2.57. The largest absolute Gasteiger partial charge is 0.314 e. The average Bonchev–Trinajstić information content (AvgIpc) is 2.70. The summed E-state index contributed by atoms with van der Waals surface area (Å²) in [5.41, 5.74) is 2.43. The second-order valence-electron chi connectivity index (χ2n) is 7.83. The highest BCUT2D eigenvalue weighted by Gasteiger charge is 2.54. The zero-order valence-electron chi connectivity index (χ0n) is 13.7. The van der Waals surface area contributed by atoms with Gasteiger partial charge in [-0.05, 0) is 42.7 Å². The van der Waals surface area contributed by atoms with Crippen LogP contribution in [-0.2, 0) is 5.41 Å². The molecule has 21 heavy (non-hydrogen) atoms. The number of nitrogens with one attached hydrogen (secondary N) is 1. The number of hydrogen-bond donors (Lipinski definition) is 1. The summed E-state index contributed by atoms with van der Waals surface area (Å²) in [6.45, 7) is 5.60. The fraction of sp³-hybridized carbons (Fsp3) is 0.737. The van der Waals surface area contributed by atoms with E-state index in [2.05, 4.69) is 42.5 Å². The summed E-state index contributed by atoms with van der Waals surface area (Å²) in [5.74, 6) is 0. The predicted molar refractivity (Wildman–Crippen MR) is 88.4 cm³/mol. The zero-order valence-corrected chi connectivity index (χ0v) is 13.7. The molecule has 0 saturated heterocycles. The Kier molecular flexibility index (Phi) is 4.35. The van der Waals surface area contributed by atoms with Crippen molar-refractivity contribution in [2.24, 2.45) is 5.41 Å². The maximum Gasteiger partial charge on any atom is 0.0306 e. The van der Waals surface area contributed by atoms with E-state index in [1.54, 1.807) is 0 Å². The van der Waals surface area contributed by atoms with Crippen LogP contribution in [0.1, 0.15) is 70.8 Å². The summed E-state index contributed by atoms with van der Waals surface area (Å²) in [4.78, 5) is 4.38. The van der Waals surface area contributed by atoms with Crippen molar-refractivity contribution in [3.8, 4) is 0 Å². The first-order valence-corrected chi connectivity index (χ1v) is 8.78. The summed E-state index contributed by atoms with van der Waals surface area (Å²) < 4.78 is 0. The van der Waals surface area contributed by atoms with E-state index in [4.69, 9.17) is 0 Å². The van der Waals surface area contributed by atoms with Crippen molar-refractivity contribution in [1.82, 2.24) is 10.3 Å². The minimum Gasteiger partial charge on any atom is -0.314 e. The van der Waals surface area contributed by atoms with Crippen LogP contribution in [0.4, 0.5) is 0 Å². The Bertz CT molecular complexity index is 436. The first-order valence-electron chi connectivity index (χ1n) is 8.78. The van der Waals surface area contributed by atoms with Gasteiger partial charge in [0.2, 0.25) is 0 Å². The minimum atomic E-state index is 0.336. The van der Waals surface area contributed by atoms with Gasteiger partial charge in [0.1, 0.15) is 0 Å². The Morgan fingerprint density at radius 3 is 2.43 bits per heavy atom. The first-order chi connectivity index (χ1) is 10.1. The maximum atomic E-state index is 4.38. The van der Waals surface area contributed by atoms with Crippen molar-refractivity contribution in [1.29, 1.82) is 0 Å². The number of aromatic nitrogens is 1. The van der Waals surface area contributed by atoms with Crippen LogP contribution in [-0.4, -0.2) is 17.6 Å². The third-order valence-electron chi connectivity index (χ3n) is 5.71. The van der Waals surface area contributed by atoms with Crippen LogP contribution in [0.15, 0.2) is 24.5 Å². The topological polar surface area (TPSA) is 24.9 Å². The predicted octanol–water partition coefficient (Wildman–Crippen LogP) is 4.45. The molecule has 1 spiro atoms. The molecule has 0 aromatic carbocycles. The van der Waals surface area contributed by atoms with E-state index >= 15 is 0 Å². The van der Waals surface area contributed by atoms with E-state index in [0.717, 1.165) is 6.54 Å². The normalized spacial score (nSPS) is 23.8. The smallest absolute Gasteiger partial charge is 0.0306 e. The van der Waals surface area contributed by atoms with Crippen LogP contribution >= 0.6 is 0 Å². The average molecular weight is 286 g/mol. The zero-order chi connectivity index (χ0) is 14.8. The van der Waals surface area contributed by atoms with Gasteiger partial charge < -0.3 is 5.32 Å². The summed E-state index contributed by atoms with van der Waals surface area (Å²) in [7, 11) is 0. The molecule has 0 bridgehead atoms. The fourth-order valence-electron chi connectivity index (χ4n) is 4.72. The molecule has 116 valence electrons. The van der Waals surface area contributed by atoms with Crippen LogP contribution in [0, 0.1) is 5.41 Å².